The van der Waals surface area contributed by atoms with Crippen LogP contribution in [0.2, 0.25) is 0 Å². The molecule has 0 spiro atoms. The van der Waals surface area contributed by atoms with Crippen LogP contribution in [0.15, 0.2) is 0 Å². The van der Waals surface area contributed by atoms with E-state index in [1.54, 1.807) is 6.92 Å². The van der Waals surface area contributed by atoms with E-state index < -0.39 is 5.97 Å². The second-order valence-electron chi connectivity index (χ2n) is 4.67. The molecule has 0 saturated heterocycles. The third-order valence-corrected chi connectivity index (χ3v) is 2.27. The van der Waals surface area contributed by atoms with E-state index in [4.69, 9.17) is 5.11 Å². The summed E-state index contributed by atoms with van der Waals surface area (Å²) < 4.78 is 4.40. The van der Waals surface area contributed by atoms with E-state index in [1.807, 2.05) is 0 Å². The molecule has 0 aliphatic rings. The minimum atomic E-state index is -0.668. The third-order valence-electron chi connectivity index (χ3n) is 2.27. The van der Waals surface area contributed by atoms with Crippen molar-refractivity contribution in [1.29, 1.82) is 0 Å². The fraction of sp³-hybridized carbons (Fsp3) is 0.857. The largest absolute Gasteiger partial charge is 0.481 e. The second kappa shape index (κ2) is 16.9. The van der Waals surface area contributed by atoms with Gasteiger partial charge in [0.25, 0.3) is 0 Å². The van der Waals surface area contributed by atoms with Crippen LogP contribution in [0.25, 0.3) is 0 Å². The number of aliphatic carboxylic acids is 1. The van der Waals surface area contributed by atoms with Gasteiger partial charge in [-0.05, 0) is 19.3 Å². The maximum absolute atomic E-state index is 10.1. The van der Waals surface area contributed by atoms with Crippen LogP contribution in [0.5, 0.6) is 0 Å². The molecule has 0 fully saturated rings. The van der Waals surface area contributed by atoms with E-state index >= 15 is 0 Å². The Balaban J connectivity index is -0.000000313. The van der Waals surface area contributed by atoms with E-state index in [1.165, 1.54) is 26.2 Å². The van der Waals surface area contributed by atoms with Crippen LogP contribution in [-0.4, -0.2) is 29.1 Å². The molecule has 0 aliphatic heterocycles. The number of unbranched alkanes of at least 4 members (excludes halogenated alkanes) is 3. The van der Waals surface area contributed by atoms with Gasteiger partial charge in [0.05, 0.1) is 6.61 Å². The molecular formula is C14H30O5. The zero-order chi connectivity index (χ0) is 14.4. The van der Waals surface area contributed by atoms with E-state index in [9.17, 15) is 9.59 Å². The summed E-state index contributed by atoms with van der Waals surface area (Å²) >= 11 is 0. The van der Waals surface area contributed by atoms with Crippen molar-refractivity contribution < 1.29 is 24.9 Å². The monoisotopic (exact) mass is 278 g/mol. The smallest absolute Gasteiger partial charge is 0.303 e. The molecule has 3 N–H and O–H groups in total. The fourth-order valence-electron chi connectivity index (χ4n) is 1.39. The number of carboxylic acids is 1. The van der Waals surface area contributed by atoms with Crippen LogP contribution >= 0.6 is 0 Å². The average Bonchev–Trinajstić information content (AvgIpc) is 2.23. The first-order chi connectivity index (χ1) is 8.40. The lowest BCUT2D eigenvalue weighted by Gasteiger charge is -2.02. The predicted molar refractivity (Wildman–Crippen MR) is 76.1 cm³/mol. The van der Waals surface area contributed by atoms with Crippen molar-refractivity contribution in [3.8, 4) is 0 Å². The van der Waals surface area contributed by atoms with Gasteiger partial charge in [-0.3, -0.25) is 9.59 Å². The summed E-state index contributed by atoms with van der Waals surface area (Å²) in [5.74, 6) is -0.0965. The van der Waals surface area contributed by atoms with Gasteiger partial charge < -0.3 is 15.3 Å². The van der Waals surface area contributed by atoms with Crippen LogP contribution < -0.4 is 0 Å². The van der Waals surface area contributed by atoms with Gasteiger partial charge in [-0.25, -0.2) is 0 Å². The van der Waals surface area contributed by atoms with Crippen LogP contribution in [0.3, 0.4) is 0 Å². The molecular weight excluding hydrogens is 248 g/mol. The number of hydrogen-bond donors (Lipinski definition) is 1. The molecule has 0 aromatic heterocycles. The van der Waals surface area contributed by atoms with E-state index in [-0.39, 0.29) is 11.4 Å². The van der Waals surface area contributed by atoms with E-state index in [0.29, 0.717) is 13.0 Å². The number of carbonyl (C=O) groups excluding carboxylic acids is 1. The Morgan fingerprint density at radius 2 is 1.63 bits per heavy atom. The van der Waals surface area contributed by atoms with Crippen molar-refractivity contribution in [3.05, 3.63) is 0 Å². The molecule has 0 saturated carbocycles. The summed E-state index contributed by atoms with van der Waals surface area (Å²) in [6.07, 6.45) is 5.95. The molecule has 0 rings (SSSR count). The van der Waals surface area contributed by atoms with E-state index in [2.05, 4.69) is 18.6 Å². The van der Waals surface area contributed by atoms with Gasteiger partial charge in [0.2, 0.25) is 0 Å². The highest BCUT2D eigenvalue weighted by molar-refractivity contribution is 5.66. The van der Waals surface area contributed by atoms with Gasteiger partial charge in [-0.1, -0.05) is 39.5 Å². The van der Waals surface area contributed by atoms with Crippen LogP contribution in [0, 0.1) is 5.92 Å². The number of esters is 1. The van der Waals surface area contributed by atoms with Gasteiger partial charge in [-0.2, -0.15) is 0 Å². The molecule has 19 heavy (non-hydrogen) atoms. The third kappa shape index (κ3) is 31.6. The molecule has 0 atom stereocenters. The molecule has 0 heterocycles. The molecule has 116 valence electrons. The summed E-state index contributed by atoms with van der Waals surface area (Å²) in [7, 11) is 0. The summed E-state index contributed by atoms with van der Waals surface area (Å²) in [5, 5.41) is 8.36. The first kappa shape index (κ1) is 23.0. The lowest BCUT2D eigenvalue weighted by atomic mass is 10.0. The minimum absolute atomic E-state index is 0. The Morgan fingerprint density at radius 1 is 1.11 bits per heavy atom. The zero-order valence-electron chi connectivity index (χ0n) is 12.7. The van der Waals surface area contributed by atoms with Gasteiger partial charge in [0.1, 0.15) is 0 Å². The molecule has 0 radical (unpaired) electrons. The summed E-state index contributed by atoms with van der Waals surface area (Å²) in [4.78, 5) is 20.0. The average molecular weight is 278 g/mol. The number of ether oxygens (including phenoxy) is 1. The Hall–Kier alpha value is -1.10. The molecule has 0 amide bonds. The fourth-order valence-corrected chi connectivity index (χ4v) is 1.39. The van der Waals surface area contributed by atoms with Gasteiger partial charge >= 0.3 is 11.9 Å². The number of hydrogen-bond acceptors (Lipinski definition) is 3. The minimum Gasteiger partial charge on any atom is -0.481 e. The maximum Gasteiger partial charge on any atom is 0.303 e. The van der Waals surface area contributed by atoms with Gasteiger partial charge in [0.15, 0.2) is 0 Å². The molecule has 5 nitrogen and oxygen atoms in total. The second-order valence-corrected chi connectivity index (χ2v) is 4.67. The Morgan fingerprint density at radius 3 is 1.95 bits per heavy atom. The van der Waals surface area contributed by atoms with Gasteiger partial charge in [-0.15, -0.1) is 0 Å². The molecule has 0 aromatic carbocycles. The standard InChI is InChI=1S/C10H20O2.C4H8O2.H2O/c1-9(2)7-5-3-4-6-8-10(11)12;1-3-6-4(2)5;/h9H,3-8H2,1-2H3,(H,11,12);3H2,1-2H3;1H2. The van der Waals surface area contributed by atoms with Crippen LogP contribution in [0.4, 0.5) is 0 Å². The van der Waals surface area contributed by atoms with Crippen molar-refractivity contribution in [2.24, 2.45) is 5.92 Å². The van der Waals surface area contributed by atoms with Crippen molar-refractivity contribution in [3.63, 3.8) is 0 Å². The molecule has 0 aromatic rings. The van der Waals surface area contributed by atoms with Crippen LogP contribution in [-0.2, 0) is 14.3 Å². The Labute approximate surface area is 116 Å². The molecule has 0 unspecified atom stereocenters. The van der Waals surface area contributed by atoms with Crippen molar-refractivity contribution >= 4 is 11.9 Å². The quantitative estimate of drug-likeness (QED) is 0.545. The maximum atomic E-state index is 10.1. The first-order valence-corrected chi connectivity index (χ1v) is 6.75. The summed E-state index contributed by atoms with van der Waals surface area (Å²) in [5.41, 5.74) is 0. The number of carboxylic acid groups (broad SMARTS) is 1. The lowest BCUT2D eigenvalue weighted by molar-refractivity contribution is -0.140. The predicted octanol–water partition coefficient (Wildman–Crippen LogP) is 2.81. The molecule has 0 aliphatic carbocycles. The lowest BCUT2D eigenvalue weighted by Crippen LogP contribution is -1.95. The summed E-state index contributed by atoms with van der Waals surface area (Å²) in [6.45, 7) is 8.09. The first-order valence-electron chi connectivity index (χ1n) is 6.75. The highest BCUT2D eigenvalue weighted by Crippen LogP contribution is 2.10. The Bertz CT molecular complexity index is 214. The van der Waals surface area contributed by atoms with Gasteiger partial charge in [0, 0.05) is 13.3 Å². The van der Waals surface area contributed by atoms with Crippen molar-refractivity contribution in [2.45, 2.75) is 66.2 Å². The van der Waals surface area contributed by atoms with Crippen molar-refractivity contribution in [2.75, 3.05) is 6.61 Å². The Kier molecular flexibility index (Phi) is 20.5. The highest BCUT2D eigenvalue weighted by atomic mass is 16.5. The number of carbonyl (C=O) groups is 2. The molecule has 5 heteroatoms. The SMILES string of the molecule is CC(C)CCCCCCC(=O)O.CCOC(C)=O.O. The topological polar surface area (TPSA) is 95.1 Å². The zero-order valence-corrected chi connectivity index (χ0v) is 12.7. The summed E-state index contributed by atoms with van der Waals surface area (Å²) in [6, 6.07) is 0. The number of rotatable bonds is 8. The van der Waals surface area contributed by atoms with Crippen LogP contribution in [0.1, 0.15) is 66.2 Å². The highest BCUT2D eigenvalue weighted by Gasteiger charge is 1.97. The van der Waals surface area contributed by atoms with Crippen molar-refractivity contribution in [1.82, 2.24) is 0 Å². The normalized spacial score (nSPS) is 9.11. The van der Waals surface area contributed by atoms with E-state index in [0.717, 1.165) is 18.8 Å². The molecule has 0 bridgehead atoms.